The predicted molar refractivity (Wildman–Crippen MR) is 270 cm³/mol. The monoisotopic (exact) mass is 1150 g/mol. The number of rotatable bonds is 15. The normalized spacial score (nSPS) is 50.8. The van der Waals surface area contributed by atoms with E-state index in [0.29, 0.717) is 32.1 Å². The van der Waals surface area contributed by atoms with Gasteiger partial charge in [0, 0.05) is 12.3 Å². The highest BCUT2D eigenvalue weighted by Gasteiger charge is 2.73. The highest BCUT2D eigenvalue weighted by atomic mass is 16.8. The number of carbonyl (C=O) groups excluding carboxylic acids is 2. The number of esters is 2. The summed E-state index contributed by atoms with van der Waals surface area (Å²) in [5, 5.41) is 155. The average Bonchev–Trinajstić information content (AvgIpc) is 3.08. The van der Waals surface area contributed by atoms with E-state index in [0.717, 1.165) is 5.57 Å². The minimum absolute atomic E-state index is 0.102. The molecule has 0 bridgehead atoms. The van der Waals surface area contributed by atoms with Gasteiger partial charge >= 0.3 is 17.9 Å². The second-order valence-corrected chi connectivity index (χ2v) is 26.1. The average molecular weight is 1150 g/mol. The van der Waals surface area contributed by atoms with Crippen molar-refractivity contribution < 1.29 is 124 Å². The minimum Gasteiger partial charge on any atom is -0.479 e. The molecule has 8 rings (SSSR count). The zero-order valence-corrected chi connectivity index (χ0v) is 47.0. The van der Waals surface area contributed by atoms with E-state index in [-0.39, 0.29) is 24.7 Å². The van der Waals surface area contributed by atoms with Gasteiger partial charge in [-0.2, -0.15) is 0 Å². The van der Waals surface area contributed by atoms with Crippen molar-refractivity contribution >= 4 is 17.9 Å². The Balaban J connectivity index is 1.10. The SMILES string of the molecule is CC(=O)OC(C)C(C)C(=O)OC[C@@]12[C@H](O)C[C@]3(C)C(=CC[C@@H]4[C@@]5(C)CC[C@H](O[C@@H]6O[C@H](C(=O)O)[C@@H](O[C@@H]7O[C@H](CO)[C@H](O)[C@H](O)[C@H]7O)[C@H](O)[C@H]6O[C@@H]6O[C@H](CO)[C@@H](O)[C@H](O)[C@H]6O)[C@](C)(CO)[C@@H]5CC[C@]43C)[C@@H]1CC(C)(C)[C@H](O)[C@H]2O. The molecule has 0 amide bonds. The van der Waals surface area contributed by atoms with Crippen LogP contribution in [-0.4, -0.2) is 238 Å². The number of carboxylic acids is 1. The van der Waals surface area contributed by atoms with Gasteiger partial charge in [0.2, 0.25) is 0 Å². The first-order valence-corrected chi connectivity index (χ1v) is 28.1. The van der Waals surface area contributed by atoms with Crippen LogP contribution in [0.15, 0.2) is 11.6 Å². The number of carbonyl (C=O) groups is 3. The highest BCUT2D eigenvalue weighted by Crippen LogP contribution is 2.76. The van der Waals surface area contributed by atoms with Crippen molar-refractivity contribution in [1.29, 1.82) is 0 Å². The molecule has 7 fully saturated rings. The molecule has 5 aliphatic carbocycles. The van der Waals surface area contributed by atoms with Gasteiger partial charge in [-0.05, 0) is 98.2 Å². The second-order valence-electron chi connectivity index (χ2n) is 26.1. The molecule has 0 aromatic heterocycles. The number of hydrogen-bond donors (Lipinski definition) is 14. The van der Waals surface area contributed by atoms with Crippen LogP contribution in [0.3, 0.4) is 0 Å². The zero-order chi connectivity index (χ0) is 59.3. The first-order valence-electron chi connectivity index (χ1n) is 28.1. The molecule has 458 valence electrons. The molecule has 3 saturated heterocycles. The number of aliphatic hydroxyl groups is 13. The number of aliphatic carboxylic acids is 1. The number of aliphatic hydroxyl groups excluding tert-OH is 13. The van der Waals surface area contributed by atoms with Crippen LogP contribution in [0.2, 0.25) is 0 Å². The van der Waals surface area contributed by atoms with Crippen molar-refractivity contribution in [3.05, 3.63) is 11.6 Å². The number of ether oxygens (including phenoxy) is 8. The van der Waals surface area contributed by atoms with Crippen molar-refractivity contribution in [3.63, 3.8) is 0 Å². The molecule has 0 radical (unpaired) electrons. The molecule has 80 heavy (non-hydrogen) atoms. The Bertz CT molecular complexity index is 2270. The van der Waals surface area contributed by atoms with Gasteiger partial charge in [-0.15, -0.1) is 0 Å². The lowest BCUT2D eigenvalue weighted by Crippen LogP contribution is -2.72. The lowest BCUT2D eigenvalue weighted by Gasteiger charge is -2.72. The summed E-state index contributed by atoms with van der Waals surface area (Å²) in [5.74, 6) is -4.86. The Morgan fingerprint density at radius 1 is 0.675 bits per heavy atom. The summed E-state index contributed by atoms with van der Waals surface area (Å²) >= 11 is 0. The smallest absolute Gasteiger partial charge is 0.335 e. The van der Waals surface area contributed by atoms with E-state index < -0.39 is 211 Å². The molecule has 2 unspecified atom stereocenters. The van der Waals surface area contributed by atoms with Gasteiger partial charge in [-0.1, -0.05) is 53.2 Å². The third-order valence-corrected chi connectivity index (χ3v) is 21.5. The Hall–Kier alpha value is -2.61. The predicted octanol–water partition coefficient (Wildman–Crippen LogP) is -2.27. The Morgan fingerprint density at radius 3 is 1.79 bits per heavy atom. The van der Waals surface area contributed by atoms with Gasteiger partial charge in [0.05, 0.1) is 55.6 Å². The molecule has 25 heteroatoms. The maximum absolute atomic E-state index is 13.6. The number of hydrogen-bond acceptors (Lipinski definition) is 24. The largest absolute Gasteiger partial charge is 0.479 e. The molecule has 29 atom stereocenters. The molecule has 4 saturated carbocycles. The summed E-state index contributed by atoms with van der Waals surface area (Å²) in [6.07, 6.45) is -29.8. The van der Waals surface area contributed by atoms with Crippen LogP contribution in [0.4, 0.5) is 0 Å². The van der Waals surface area contributed by atoms with Crippen molar-refractivity contribution in [3.8, 4) is 0 Å². The quantitative estimate of drug-likeness (QED) is 0.0467. The van der Waals surface area contributed by atoms with Crippen LogP contribution >= 0.6 is 0 Å². The van der Waals surface area contributed by atoms with Gasteiger partial charge in [0.1, 0.15) is 79.9 Å². The van der Waals surface area contributed by atoms with Crippen LogP contribution in [-0.2, 0) is 52.3 Å². The van der Waals surface area contributed by atoms with E-state index >= 15 is 0 Å². The van der Waals surface area contributed by atoms with Gasteiger partial charge in [-0.3, -0.25) is 9.59 Å². The number of allylic oxidation sites excluding steroid dienone is 2. The molecule has 0 spiro atoms. The Kier molecular flexibility index (Phi) is 18.2. The molecular weight excluding hydrogens is 1060 g/mol. The summed E-state index contributed by atoms with van der Waals surface area (Å²) in [4.78, 5) is 38.5. The topological polar surface area (TPSA) is 408 Å². The molecular formula is C55H88O25. The maximum atomic E-state index is 13.6. The van der Waals surface area contributed by atoms with Crippen molar-refractivity contribution in [2.75, 3.05) is 26.4 Å². The lowest BCUT2D eigenvalue weighted by atomic mass is 9.33. The van der Waals surface area contributed by atoms with E-state index in [1.165, 1.54) is 6.92 Å². The van der Waals surface area contributed by atoms with Crippen LogP contribution in [0.1, 0.15) is 107 Å². The van der Waals surface area contributed by atoms with E-state index in [1.54, 1.807) is 13.8 Å². The van der Waals surface area contributed by atoms with Crippen molar-refractivity contribution in [1.82, 2.24) is 0 Å². The summed E-state index contributed by atoms with van der Waals surface area (Å²) in [5.41, 5.74) is -4.33. The Morgan fingerprint density at radius 2 is 1.25 bits per heavy atom. The maximum Gasteiger partial charge on any atom is 0.335 e. The van der Waals surface area contributed by atoms with Crippen molar-refractivity contribution in [2.24, 2.45) is 56.2 Å². The van der Waals surface area contributed by atoms with E-state index in [4.69, 9.17) is 37.9 Å². The zero-order valence-electron chi connectivity index (χ0n) is 47.0. The molecule has 8 aliphatic rings. The van der Waals surface area contributed by atoms with Crippen LogP contribution < -0.4 is 0 Å². The number of carboxylic acid groups (broad SMARTS) is 1. The summed E-state index contributed by atoms with van der Waals surface area (Å²) < 4.78 is 47.1. The molecule has 0 aromatic carbocycles. The molecule has 0 aromatic rings. The van der Waals surface area contributed by atoms with Crippen LogP contribution in [0.5, 0.6) is 0 Å². The second kappa shape index (κ2) is 23.0. The summed E-state index contributed by atoms with van der Waals surface area (Å²) in [6.45, 7) is 13.8. The third-order valence-electron chi connectivity index (χ3n) is 21.5. The molecule has 25 nitrogen and oxygen atoms in total. The summed E-state index contributed by atoms with van der Waals surface area (Å²) in [7, 11) is 0. The highest BCUT2D eigenvalue weighted by molar-refractivity contribution is 5.74. The fourth-order valence-corrected chi connectivity index (χ4v) is 16.2. The number of fused-ring (bicyclic) bond motifs is 7. The molecule has 3 heterocycles. The van der Waals surface area contributed by atoms with Gasteiger partial charge in [-0.25, -0.2) is 4.79 Å². The standard InChI is InChI=1S/C55H88O25/c1-22(23(2)74-24(3)59)46(72)73-21-55-26(16-50(4,5)43(68)44(55)69)25-10-11-30-51(6)14-13-32(52(7,20-58)29(51)12-15-53(30,8)54(25,9)17-31(55)60)77-49-41(79-48-38(66)36(64)34(62)28(19-57)76-48)39(67)40(42(80-49)45(70)71)78-47-37(65)35(63)33(61)27(18-56)75-47/h10,22-23,26-44,47-49,56-58,60-69H,11-21H2,1-9H3,(H,70,71)/t22?,23?,26-,27+,28+,29+,30+,31+,32-,33-,34+,35-,36-,37+,38+,39-,40-,41+,42-,43+,44+,47-,48-,49+,51-,52+,53+,54+,55-/m0/s1. The van der Waals surface area contributed by atoms with E-state index in [1.807, 2.05) is 20.8 Å². The minimum atomic E-state index is -2.18. The van der Waals surface area contributed by atoms with Gasteiger partial charge < -0.3 is 109 Å². The lowest BCUT2D eigenvalue weighted by molar-refractivity contribution is -0.392. The van der Waals surface area contributed by atoms with E-state index in [9.17, 15) is 85.9 Å². The fourth-order valence-electron chi connectivity index (χ4n) is 16.2. The van der Waals surface area contributed by atoms with Crippen LogP contribution in [0, 0.1) is 56.2 Å². The Labute approximate surface area is 464 Å². The van der Waals surface area contributed by atoms with Gasteiger partial charge in [0.25, 0.3) is 0 Å². The summed E-state index contributed by atoms with van der Waals surface area (Å²) in [6, 6.07) is 0. The van der Waals surface area contributed by atoms with Crippen LogP contribution in [0.25, 0.3) is 0 Å². The van der Waals surface area contributed by atoms with Gasteiger partial charge in [0.15, 0.2) is 25.0 Å². The molecule has 14 N–H and O–H groups in total. The third kappa shape index (κ3) is 10.2. The van der Waals surface area contributed by atoms with Crippen molar-refractivity contribution in [2.45, 2.75) is 230 Å². The first kappa shape index (κ1) is 63.4. The fraction of sp³-hybridized carbons (Fsp3) is 0.909. The first-order chi connectivity index (χ1) is 37.3. The molecule has 3 aliphatic heterocycles. The van der Waals surface area contributed by atoms with E-state index in [2.05, 4.69) is 26.8 Å².